The molecule has 2 rings (SSSR count). The van der Waals surface area contributed by atoms with Crippen LogP contribution in [0.25, 0.3) is 0 Å². The van der Waals surface area contributed by atoms with Gasteiger partial charge in [0.05, 0.1) is 13.2 Å². The van der Waals surface area contributed by atoms with Crippen LogP contribution in [0.1, 0.15) is 38.5 Å². The fourth-order valence-electron chi connectivity index (χ4n) is 2.74. The minimum Gasteiger partial charge on any atom is -0.378 e. The Morgan fingerprint density at radius 1 is 1.10 bits per heavy atom. The van der Waals surface area contributed by atoms with Crippen molar-refractivity contribution in [2.75, 3.05) is 32.8 Å². The summed E-state index contributed by atoms with van der Waals surface area (Å²) in [4.78, 5) is 25.4. The van der Waals surface area contributed by atoms with Gasteiger partial charge in [0.2, 0.25) is 5.91 Å². The summed E-state index contributed by atoms with van der Waals surface area (Å²) in [5, 5.41) is 5.75. The molecule has 0 atom stereocenters. The Morgan fingerprint density at radius 2 is 1.80 bits per heavy atom. The highest BCUT2D eigenvalue weighted by atomic mass is 16.5. The number of nitrogens with zero attached hydrogens (tertiary/aromatic N) is 1. The molecule has 0 unspecified atom stereocenters. The van der Waals surface area contributed by atoms with Crippen molar-refractivity contribution in [2.45, 2.75) is 44.6 Å². The Hall–Kier alpha value is -1.30. The minimum absolute atomic E-state index is 0.0891. The highest BCUT2D eigenvalue weighted by Crippen LogP contribution is 2.17. The van der Waals surface area contributed by atoms with Gasteiger partial charge in [-0.25, -0.2) is 4.79 Å². The van der Waals surface area contributed by atoms with E-state index in [0.29, 0.717) is 45.3 Å². The van der Waals surface area contributed by atoms with Gasteiger partial charge in [0.1, 0.15) is 0 Å². The molecule has 2 fully saturated rings. The number of rotatable bonds is 4. The molecule has 1 saturated carbocycles. The number of carbonyl (C=O) groups excluding carboxylic acids is 2. The van der Waals surface area contributed by atoms with E-state index in [1.54, 1.807) is 4.90 Å². The van der Waals surface area contributed by atoms with E-state index in [2.05, 4.69) is 10.6 Å². The van der Waals surface area contributed by atoms with Crippen molar-refractivity contribution in [3.8, 4) is 0 Å². The fourth-order valence-corrected chi connectivity index (χ4v) is 2.74. The van der Waals surface area contributed by atoms with Crippen LogP contribution in [-0.4, -0.2) is 55.7 Å². The number of hydrogen-bond acceptors (Lipinski definition) is 3. The number of carbonyl (C=O) groups is 2. The number of amides is 3. The molecule has 6 nitrogen and oxygen atoms in total. The molecule has 2 N–H and O–H groups in total. The maximum absolute atomic E-state index is 11.9. The molecule has 1 heterocycles. The van der Waals surface area contributed by atoms with Gasteiger partial charge in [-0.2, -0.15) is 0 Å². The molecule has 3 amide bonds. The van der Waals surface area contributed by atoms with Crippen molar-refractivity contribution < 1.29 is 14.3 Å². The number of ether oxygens (including phenoxy) is 1. The summed E-state index contributed by atoms with van der Waals surface area (Å²) in [7, 11) is 0. The van der Waals surface area contributed by atoms with Crippen LogP contribution in [-0.2, 0) is 9.53 Å². The summed E-state index contributed by atoms with van der Waals surface area (Å²) in [5.74, 6) is 0.0891. The van der Waals surface area contributed by atoms with Crippen LogP contribution in [0.3, 0.4) is 0 Å². The van der Waals surface area contributed by atoms with E-state index in [1.165, 1.54) is 19.3 Å². The molecule has 1 saturated heterocycles. The zero-order valence-corrected chi connectivity index (χ0v) is 12.0. The van der Waals surface area contributed by atoms with Crippen LogP contribution in [0.2, 0.25) is 0 Å². The molecular weight excluding hydrogens is 258 g/mol. The third kappa shape index (κ3) is 5.00. The van der Waals surface area contributed by atoms with Crippen LogP contribution in [0.5, 0.6) is 0 Å². The summed E-state index contributed by atoms with van der Waals surface area (Å²) >= 11 is 0. The fraction of sp³-hybridized carbons (Fsp3) is 0.857. The number of hydrogen-bond donors (Lipinski definition) is 2. The van der Waals surface area contributed by atoms with Crippen molar-refractivity contribution in [1.29, 1.82) is 0 Å². The van der Waals surface area contributed by atoms with Crippen LogP contribution in [0, 0.1) is 0 Å². The van der Waals surface area contributed by atoms with Gasteiger partial charge in [0.15, 0.2) is 0 Å². The van der Waals surface area contributed by atoms with Crippen molar-refractivity contribution in [3.05, 3.63) is 0 Å². The van der Waals surface area contributed by atoms with E-state index < -0.39 is 0 Å². The minimum atomic E-state index is -0.147. The average Bonchev–Trinajstić information content (AvgIpc) is 2.49. The summed E-state index contributed by atoms with van der Waals surface area (Å²) < 4.78 is 5.20. The smallest absolute Gasteiger partial charge is 0.315 e. The molecule has 0 aromatic heterocycles. The maximum atomic E-state index is 11.9. The highest BCUT2D eigenvalue weighted by molar-refractivity contribution is 5.78. The summed E-state index contributed by atoms with van der Waals surface area (Å²) in [6, 6.07) is 0.158. The van der Waals surface area contributed by atoms with Gasteiger partial charge in [-0.1, -0.05) is 19.3 Å². The lowest BCUT2D eigenvalue weighted by molar-refractivity contribution is -0.135. The topological polar surface area (TPSA) is 70.7 Å². The highest BCUT2D eigenvalue weighted by Gasteiger charge is 2.18. The zero-order chi connectivity index (χ0) is 14.2. The first-order valence-electron chi connectivity index (χ1n) is 7.65. The standard InChI is InChI=1S/C14H25N3O3/c18-13(17-8-10-20-11-9-17)6-7-15-14(19)16-12-4-2-1-3-5-12/h12H,1-11H2,(H2,15,16,19). The van der Waals surface area contributed by atoms with E-state index in [4.69, 9.17) is 4.74 Å². The van der Waals surface area contributed by atoms with E-state index >= 15 is 0 Å². The van der Waals surface area contributed by atoms with Crippen LogP contribution < -0.4 is 10.6 Å². The van der Waals surface area contributed by atoms with Gasteiger partial charge in [-0.15, -0.1) is 0 Å². The lowest BCUT2D eigenvalue weighted by Gasteiger charge is -2.27. The monoisotopic (exact) mass is 283 g/mol. The molecule has 0 aromatic carbocycles. The molecule has 20 heavy (non-hydrogen) atoms. The predicted octanol–water partition coefficient (Wildman–Crippen LogP) is 0.867. The van der Waals surface area contributed by atoms with Gasteiger partial charge in [0.25, 0.3) is 0 Å². The SMILES string of the molecule is O=C(NCCC(=O)N1CCOCC1)NC1CCCCC1. The second-order valence-electron chi connectivity index (χ2n) is 5.48. The Bertz CT molecular complexity index is 324. The second kappa shape index (κ2) is 8.09. The molecule has 0 spiro atoms. The summed E-state index contributed by atoms with van der Waals surface area (Å²) in [6.07, 6.45) is 6.16. The van der Waals surface area contributed by atoms with Crippen molar-refractivity contribution in [2.24, 2.45) is 0 Å². The molecule has 0 aromatic rings. The van der Waals surface area contributed by atoms with Crippen LogP contribution in [0.4, 0.5) is 4.79 Å². The molecule has 114 valence electrons. The first-order chi connectivity index (χ1) is 9.75. The third-order valence-corrected chi connectivity index (χ3v) is 3.93. The number of morpholine rings is 1. The van der Waals surface area contributed by atoms with E-state index in [1.807, 2.05) is 0 Å². The van der Waals surface area contributed by atoms with Gasteiger partial charge in [-0.3, -0.25) is 4.79 Å². The Kier molecular flexibility index (Phi) is 6.11. The van der Waals surface area contributed by atoms with Crippen LogP contribution in [0.15, 0.2) is 0 Å². The lowest BCUT2D eigenvalue weighted by atomic mass is 9.96. The normalized spacial score (nSPS) is 20.5. The molecule has 6 heteroatoms. The third-order valence-electron chi connectivity index (χ3n) is 3.93. The van der Waals surface area contributed by atoms with Crippen molar-refractivity contribution in [3.63, 3.8) is 0 Å². The Labute approximate surface area is 120 Å². The molecule has 0 radical (unpaired) electrons. The molecule has 2 aliphatic rings. The Balaban J connectivity index is 1.57. The van der Waals surface area contributed by atoms with Crippen molar-refractivity contribution >= 4 is 11.9 Å². The average molecular weight is 283 g/mol. The largest absolute Gasteiger partial charge is 0.378 e. The van der Waals surface area contributed by atoms with E-state index in [0.717, 1.165) is 12.8 Å². The molecular formula is C14H25N3O3. The number of urea groups is 1. The van der Waals surface area contributed by atoms with Gasteiger partial charge < -0.3 is 20.3 Å². The zero-order valence-electron chi connectivity index (χ0n) is 12.0. The second-order valence-corrected chi connectivity index (χ2v) is 5.48. The number of nitrogens with one attached hydrogen (secondary N) is 2. The maximum Gasteiger partial charge on any atom is 0.315 e. The van der Waals surface area contributed by atoms with Crippen molar-refractivity contribution in [1.82, 2.24) is 15.5 Å². The molecule has 1 aliphatic heterocycles. The predicted molar refractivity (Wildman–Crippen MR) is 75.4 cm³/mol. The first kappa shape index (κ1) is 15.1. The van der Waals surface area contributed by atoms with Gasteiger partial charge in [-0.05, 0) is 12.8 Å². The van der Waals surface area contributed by atoms with E-state index in [-0.39, 0.29) is 11.9 Å². The van der Waals surface area contributed by atoms with Crippen LogP contribution >= 0.6 is 0 Å². The Morgan fingerprint density at radius 3 is 2.50 bits per heavy atom. The molecule has 0 bridgehead atoms. The quantitative estimate of drug-likeness (QED) is 0.804. The summed E-state index contributed by atoms with van der Waals surface area (Å²) in [5.41, 5.74) is 0. The van der Waals surface area contributed by atoms with Gasteiger partial charge in [0, 0.05) is 32.1 Å². The summed E-state index contributed by atoms with van der Waals surface area (Å²) in [6.45, 7) is 2.94. The van der Waals surface area contributed by atoms with Gasteiger partial charge >= 0.3 is 6.03 Å². The lowest BCUT2D eigenvalue weighted by Crippen LogP contribution is -2.45. The first-order valence-corrected chi connectivity index (χ1v) is 7.65. The molecule has 1 aliphatic carbocycles. The van der Waals surface area contributed by atoms with E-state index in [9.17, 15) is 9.59 Å².